The average Bonchev–Trinajstić information content (AvgIpc) is 2.69. The smallest absolute Gasteiger partial charge is 0.173 e. The van der Waals surface area contributed by atoms with Crippen molar-refractivity contribution < 1.29 is 14.2 Å². The van der Waals surface area contributed by atoms with E-state index in [1.165, 1.54) is 0 Å². The highest BCUT2D eigenvalue weighted by Gasteiger charge is 2.40. The van der Waals surface area contributed by atoms with Crippen molar-refractivity contribution in [3.05, 3.63) is 71.8 Å². The van der Waals surface area contributed by atoms with E-state index in [-0.39, 0.29) is 12.1 Å². The zero-order chi connectivity index (χ0) is 18.4. The topological polar surface area (TPSA) is 53.7 Å². The monoisotopic (exact) mass is 355 g/mol. The molecule has 1 saturated heterocycles. The van der Waals surface area contributed by atoms with Gasteiger partial charge in [-0.25, -0.2) is 0 Å². The van der Waals surface area contributed by atoms with Gasteiger partial charge in [-0.1, -0.05) is 74.5 Å². The van der Waals surface area contributed by atoms with E-state index in [9.17, 15) is 0 Å². The number of hydrogen-bond donors (Lipinski definition) is 1. The number of benzene rings is 2. The molecule has 4 nitrogen and oxygen atoms in total. The van der Waals surface area contributed by atoms with E-state index in [0.717, 1.165) is 11.1 Å². The first kappa shape index (κ1) is 19.1. The Morgan fingerprint density at radius 2 is 1.42 bits per heavy atom. The Labute approximate surface area is 156 Å². The number of ether oxygens (including phenoxy) is 3. The zero-order valence-electron chi connectivity index (χ0n) is 15.6. The van der Waals surface area contributed by atoms with Crippen LogP contribution >= 0.6 is 0 Å². The van der Waals surface area contributed by atoms with Crippen molar-refractivity contribution in [3.63, 3.8) is 0 Å². The molecule has 0 saturated carbocycles. The highest BCUT2D eigenvalue weighted by Crippen LogP contribution is 2.31. The first-order chi connectivity index (χ1) is 12.6. The van der Waals surface area contributed by atoms with Gasteiger partial charge in [0.05, 0.1) is 32.0 Å². The summed E-state index contributed by atoms with van der Waals surface area (Å²) in [6.07, 6.45) is -0.430. The first-order valence-corrected chi connectivity index (χ1v) is 9.33. The van der Waals surface area contributed by atoms with Gasteiger partial charge in [0.2, 0.25) is 0 Å². The predicted octanol–water partition coefficient (Wildman–Crippen LogP) is 3.74. The van der Waals surface area contributed by atoms with E-state index in [0.29, 0.717) is 31.7 Å². The van der Waals surface area contributed by atoms with Crippen LogP contribution in [0.5, 0.6) is 0 Å². The third-order valence-corrected chi connectivity index (χ3v) is 5.30. The van der Waals surface area contributed by atoms with Gasteiger partial charge in [-0.3, -0.25) is 0 Å². The van der Waals surface area contributed by atoms with E-state index in [1.54, 1.807) is 0 Å². The lowest BCUT2D eigenvalue weighted by Crippen LogP contribution is -2.55. The highest BCUT2D eigenvalue weighted by molar-refractivity contribution is 5.14. The molecule has 5 atom stereocenters. The van der Waals surface area contributed by atoms with Gasteiger partial charge in [0, 0.05) is 0 Å². The SMILES string of the molecule is C[C@@H]1C(COCc2ccccc2)O[C@@H](OCc2ccccc2)C(N)[C@H]1C. The summed E-state index contributed by atoms with van der Waals surface area (Å²) in [6, 6.07) is 20.1. The molecule has 3 rings (SSSR count). The van der Waals surface area contributed by atoms with Crippen LogP contribution in [0.15, 0.2) is 60.7 Å². The maximum absolute atomic E-state index is 6.37. The summed E-state index contributed by atoms with van der Waals surface area (Å²) in [5, 5.41) is 0. The van der Waals surface area contributed by atoms with Gasteiger partial charge in [-0.05, 0) is 23.0 Å². The van der Waals surface area contributed by atoms with Crippen molar-refractivity contribution in [2.75, 3.05) is 6.61 Å². The van der Waals surface area contributed by atoms with Crippen LogP contribution in [0.4, 0.5) is 0 Å². The molecular formula is C22H29NO3. The molecule has 1 fully saturated rings. The maximum atomic E-state index is 6.37. The Morgan fingerprint density at radius 3 is 2.04 bits per heavy atom. The minimum Gasteiger partial charge on any atom is -0.374 e. The van der Waals surface area contributed by atoms with E-state index in [1.807, 2.05) is 48.5 Å². The normalized spacial score (nSPS) is 28.8. The van der Waals surface area contributed by atoms with Crippen molar-refractivity contribution in [1.29, 1.82) is 0 Å². The van der Waals surface area contributed by atoms with Crippen LogP contribution in [0.3, 0.4) is 0 Å². The third kappa shape index (κ3) is 4.92. The molecule has 4 heteroatoms. The van der Waals surface area contributed by atoms with Crippen molar-refractivity contribution in [2.45, 2.75) is 45.5 Å². The highest BCUT2D eigenvalue weighted by atomic mass is 16.7. The molecular weight excluding hydrogens is 326 g/mol. The van der Waals surface area contributed by atoms with Gasteiger partial charge in [-0.15, -0.1) is 0 Å². The number of rotatable bonds is 7. The van der Waals surface area contributed by atoms with E-state index >= 15 is 0 Å². The molecule has 140 valence electrons. The van der Waals surface area contributed by atoms with Crippen LogP contribution in [0.1, 0.15) is 25.0 Å². The second-order valence-corrected chi connectivity index (χ2v) is 7.14. The van der Waals surface area contributed by atoms with Crippen LogP contribution in [0.2, 0.25) is 0 Å². The van der Waals surface area contributed by atoms with Crippen LogP contribution in [0, 0.1) is 11.8 Å². The van der Waals surface area contributed by atoms with Gasteiger partial charge in [0.1, 0.15) is 0 Å². The lowest BCUT2D eigenvalue weighted by molar-refractivity contribution is -0.245. The zero-order valence-corrected chi connectivity index (χ0v) is 15.6. The molecule has 0 amide bonds. The summed E-state index contributed by atoms with van der Waals surface area (Å²) in [7, 11) is 0. The Bertz CT molecular complexity index is 647. The molecule has 26 heavy (non-hydrogen) atoms. The fourth-order valence-corrected chi connectivity index (χ4v) is 3.29. The maximum Gasteiger partial charge on any atom is 0.173 e. The van der Waals surface area contributed by atoms with E-state index in [4.69, 9.17) is 19.9 Å². The molecule has 2 aromatic rings. The minimum atomic E-state index is -0.410. The summed E-state index contributed by atoms with van der Waals surface area (Å²) in [5.74, 6) is 0.618. The molecule has 1 aliphatic rings. The Morgan fingerprint density at radius 1 is 0.846 bits per heavy atom. The van der Waals surface area contributed by atoms with Crippen molar-refractivity contribution in [2.24, 2.45) is 17.6 Å². The molecule has 0 bridgehead atoms. The number of hydrogen-bond acceptors (Lipinski definition) is 4. The van der Waals surface area contributed by atoms with Gasteiger partial charge in [0.25, 0.3) is 0 Å². The van der Waals surface area contributed by atoms with Gasteiger partial charge >= 0.3 is 0 Å². The summed E-state index contributed by atoms with van der Waals surface area (Å²) in [6.45, 7) is 5.97. The van der Waals surface area contributed by atoms with Crippen LogP contribution in [-0.2, 0) is 27.4 Å². The Kier molecular flexibility index (Phi) is 6.80. The van der Waals surface area contributed by atoms with Crippen LogP contribution in [0.25, 0.3) is 0 Å². The van der Waals surface area contributed by atoms with E-state index < -0.39 is 6.29 Å². The summed E-state index contributed by atoms with van der Waals surface area (Å²) in [4.78, 5) is 0. The largest absolute Gasteiger partial charge is 0.374 e. The summed E-state index contributed by atoms with van der Waals surface area (Å²) in [5.41, 5.74) is 8.65. The molecule has 0 aromatic heterocycles. The molecule has 0 spiro atoms. The lowest BCUT2D eigenvalue weighted by atomic mass is 9.82. The Balaban J connectivity index is 1.53. The molecule has 2 unspecified atom stereocenters. The minimum absolute atomic E-state index is 0.0192. The second kappa shape index (κ2) is 9.28. The van der Waals surface area contributed by atoms with Crippen molar-refractivity contribution in [3.8, 4) is 0 Å². The fourth-order valence-electron chi connectivity index (χ4n) is 3.29. The fraction of sp³-hybridized carbons (Fsp3) is 0.455. The van der Waals surface area contributed by atoms with E-state index in [2.05, 4.69) is 26.0 Å². The lowest BCUT2D eigenvalue weighted by Gasteiger charge is -2.43. The van der Waals surface area contributed by atoms with Crippen LogP contribution in [-0.4, -0.2) is 25.0 Å². The molecule has 1 heterocycles. The Hall–Kier alpha value is -1.72. The molecule has 0 aliphatic carbocycles. The second-order valence-electron chi connectivity index (χ2n) is 7.14. The predicted molar refractivity (Wildman–Crippen MR) is 102 cm³/mol. The molecule has 0 radical (unpaired) electrons. The first-order valence-electron chi connectivity index (χ1n) is 9.33. The number of nitrogens with two attached hydrogens (primary N) is 1. The summed E-state index contributed by atoms with van der Waals surface area (Å²) < 4.78 is 18.1. The van der Waals surface area contributed by atoms with Crippen molar-refractivity contribution >= 4 is 0 Å². The molecule has 2 N–H and O–H groups in total. The quantitative estimate of drug-likeness (QED) is 0.822. The average molecular weight is 355 g/mol. The standard InChI is InChI=1S/C22H29NO3/c1-16-17(2)21(23)22(25-14-19-11-7-4-8-12-19)26-20(16)15-24-13-18-9-5-3-6-10-18/h3-12,16-17,20-22H,13-15,23H2,1-2H3/t16-,17-,20?,21?,22+/m0/s1. The van der Waals surface area contributed by atoms with Crippen LogP contribution < -0.4 is 5.73 Å². The third-order valence-electron chi connectivity index (χ3n) is 5.30. The summed E-state index contributed by atoms with van der Waals surface area (Å²) >= 11 is 0. The molecule has 2 aromatic carbocycles. The van der Waals surface area contributed by atoms with Gasteiger partial charge in [-0.2, -0.15) is 0 Å². The van der Waals surface area contributed by atoms with Crippen molar-refractivity contribution in [1.82, 2.24) is 0 Å². The van der Waals surface area contributed by atoms with Gasteiger partial charge in [0.15, 0.2) is 6.29 Å². The molecule has 1 aliphatic heterocycles. The van der Waals surface area contributed by atoms with Gasteiger partial charge < -0.3 is 19.9 Å².